The first-order valence-electron chi connectivity index (χ1n) is 18.0. The van der Waals surface area contributed by atoms with E-state index in [0.717, 1.165) is 29.4 Å². The summed E-state index contributed by atoms with van der Waals surface area (Å²) in [6.07, 6.45) is 2.97. The lowest BCUT2D eigenvalue weighted by Crippen LogP contribution is -2.30. The molecule has 56 heavy (non-hydrogen) atoms. The van der Waals surface area contributed by atoms with E-state index in [1.165, 1.54) is 20.8 Å². The van der Waals surface area contributed by atoms with Crippen LogP contribution >= 0.6 is 46.4 Å². The number of esters is 3. The summed E-state index contributed by atoms with van der Waals surface area (Å²) in [5.41, 5.74) is 2.93. The molecule has 0 saturated carbocycles. The number of rotatable bonds is 8. The van der Waals surface area contributed by atoms with Crippen LogP contribution in [0.1, 0.15) is 79.2 Å². The van der Waals surface area contributed by atoms with Gasteiger partial charge >= 0.3 is 17.9 Å². The molecule has 0 bridgehead atoms. The Labute approximate surface area is 342 Å². The number of carbonyl (C=O) groups is 3. The second-order valence-corrected chi connectivity index (χ2v) is 15.0. The molecule has 19 heteroatoms. The van der Waals surface area contributed by atoms with Crippen molar-refractivity contribution in [2.45, 2.75) is 122 Å². The quantitative estimate of drug-likeness (QED) is 0.137. The molecule has 7 rings (SSSR count). The number of aromatic nitrogens is 4. The largest absolute Gasteiger partial charge is 0.458 e. The maximum atomic E-state index is 11.3. The lowest BCUT2D eigenvalue weighted by atomic mass is 10.1. The molecule has 5 heterocycles. The van der Waals surface area contributed by atoms with Crippen molar-refractivity contribution in [1.29, 1.82) is 0 Å². The number of benzene rings is 2. The van der Waals surface area contributed by atoms with Crippen molar-refractivity contribution >= 4 is 86.4 Å². The van der Waals surface area contributed by atoms with Crippen molar-refractivity contribution < 1.29 is 53.0 Å². The molecule has 2 aromatic carbocycles. The third-order valence-corrected chi connectivity index (χ3v) is 10.7. The van der Waals surface area contributed by atoms with Crippen molar-refractivity contribution in [3.05, 3.63) is 57.0 Å². The minimum Gasteiger partial charge on any atom is -0.458 e. The zero-order chi connectivity index (χ0) is 40.8. The van der Waals surface area contributed by atoms with Crippen molar-refractivity contribution in [2.24, 2.45) is 0 Å². The first-order valence-corrected chi connectivity index (χ1v) is 19.5. The van der Waals surface area contributed by atoms with E-state index in [1.54, 1.807) is 41.5 Å². The van der Waals surface area contributed by atoms with Gasteiger partial charge in [-0.05, 0) is 37.1 Å². The van der Waals surface area contributed by atoms with E-state index in [2.05, 4.69) is 9.97 Å². The Morgan fingerprint density at radius 1 is 0.679 bits per heavy atom. The fourth-order valence-electron chi connectivity index (χ4n) is 6.64. The van der Waals surface area contributed by atoms with Gasteiger partial charge in [-0.3, -0.25) is 14.4 Å². The minimum absolute atomic E-state index is 0.0151. The summed E-state index contributed by atoms with van der Waals surface area (Å²) in [6, 6.07) is 6.82. The first kappa shape index (κ1) is 43.9. The van der Waals surface area contributed by atoms with E-state index < -0.39 is 42.9 Å². The lowest BCUT2D eigenvalue weighted by molar-refractivity contribution is -0.194. The van der Waals surface area contributed by atoms with Crippen molar-refractivity contribution in [2.75, 3.05) is 6.61 Å². The summed E-state index contributed by atoms with van der Waals surface area (Å²) in [6.45, 7) is 7.91. The van der Waals surface area contributed by atoms with Crippen LogP contribution in [0.2, 0.25) is 20.1 Å². The van der Waals surface area contributed by atoms with Gasteiger partial charge in [-0.2, -0.15) is 0 Å². The summed E-state index contributed by atoms with van der Waals surface area (Å²) in [5, 5.41) is 20.8. The van der Waals surface area contributed by atoms with Crippen molar-refractivity contribution in [3.63, 3.8) is 0 Å². The van der Waals surface area contributed by atoms with Crippen molar-refractivity contribution in [3.8, 4) is 0 Å². The van der Waals surface area contributed by atoms with Crippen LogP contribution in [-0.4, -0.2) is 96.7 Å². The Morgan fingerprint density at radius 3 is 1.61 bits per heavy atom. The molecule has 3 aliphatic heterocycles. The molecule has 3 fully saturated rings. The molecule has 0 spiro atoms. The molecule has 1 unspecified atom stereocenters. The molecule has 3 saturated heterocycles. The maximum Gasteiger partial charge on any atom is 0.305 e. The highest BCUT2D eigenvalue weighted by molar-refractivity contribution is 6.43. The molecule has 2 N–H and O–H groups in total. The summed E-state index contributed by atoms with van der Waals surface area (Å²) < 4.78 is 35.9. The number of hydrogen-bond donors (Lipinski definition) is 2. The van der Waals surface area contributed by atoms with Gasteiger partial charge in [0.15, 0.2) is 18.6 Å². The number of fused-ring (bicyclic) bond motifs is 2. The zero-order valence-electron chi connectivity index (χ0n) is 31.3. The Bertz CT molecular complexity index is 1990. The molecule has 0 aliphatic carbocycles. The second-order valence-electron chi connectivity index (χ2n) is 13.4. The van der Waals surface area contributed by atoms with Crippen LogP contribution in [0.15, 0.2) is 36.9 Å². The van der Waals surface area contributed by atoms with Gasteiger partial charge in [0, 0.05) is 40.0 Å². The molecule has 2 aromatic heterocycles. The third-order valence-electron chi connectivity index (χ3n) is 9.25. The van der Waals surface area contributed by atoms with Crippen LogP contribution in [0.5, 0.6) is 0 Å². The van der Waals surface area contributed by atoms with E-state index >= 15 is 0 Å². The summed E-state index contributed by atoms with van der Waals surface area (Å²) in [5.74, 6) is -1.15. The monoisotopic (exact) mass is 860 g/mol. The Kier molecular flexibility index (Phi) is 15.2. The molecule has 3 aliphatic rings. The van der Waals surface area contributed by atoms with Gasteiger partial charge in [0.05, 0.1) is 79.7 Å². The van der Waals surface area contributed by atoms with Gasteiger partial charge in [-0.15, -0.1) is 0 Å². The van der Waals surface area contributed by atoms with Crippen molar-refractivity contribution in [1.82, 2.24) is 19.1 Å². The van der Waals surface area contributed by atoms with Gasteiger partial charge in [-0.1, -0.05) is 60.3 Å². The SMILES string of the molecule is CC[C@@H]1C[C@H](OC(C)=O)C(OC(C)=O)O1.CC[C@@H]1C[C@H](OC(C)=O)[C@H](n2cnc3cc(Cl)c(Cl)cc32)O1.OC[C@@H]1C[C@H](O)[C@H](n2cnc3cc(Cl)c(Cl)cc32)O1. The lowest BCUT2D eigenvalue weighted by Gasteiger charge is -2.20. The molecule has 9 atom stereocenters. The molecule has 306 valence electrons. The zero-order valence-corrected chi connectivity index (χ0v) is 34.3. The smallest absolute Gasteiger partial charge is 0.305 e. The summed E-state index contributed by atoms with van der Waals surface area (Å²) in [4.78, 5) is 41.5. The van der Waals surface area contributed by atoms with Gasteiger partial charge in [0.1, 0.15) is 12.2 Å². The highest BCUT2D eigenvalue weighted by atomic mass is 35.5. The van der Waals surface area contributed by atoms with Crippen LogP contribution in [0.3, 0.4) is 0 Å². The highest BCUT2D eigenvalue weighted by Crippen LogP contribution is 2.37. The number of nitrogens with zero attached hydrogens (tertiary/aromatic N) is 4. The number of imidazole rings is 2. The van der Waals surface area contributed by atoms with Gasteiger partial charge < -0.3 is 47.8 Å². The topological polar surface area (TPSA) is 183 Å². The molecular weight excluding hydrogens is 818 g/mol. The average Bonchev–Trinajstić information content (AvgIpc) is 3.97. The van der Waals surface area contributed by atoms with Crippen LogP contribution in [0.25, 0.3) is 22.1 Å². The summed E-state index contributed by atoms with van der Waals surface area (Å²) >= 11 is 24.1. The number of hydrogen-bond acceptors (Lipinski definition) is 13. The normalized spacial score (nSPS) is 27.0. The average molecular weight is 863 g/mol. The van der Waals surface area contributed by atoms with Crippen LogP contribution in [-0.2, 0) is 42.8 Å². The number of carbonyl (C=O) groups excluding carboxylic acids is 3. The first-order chi connectivity index (χ1) is 26.6. The van der Waals surface area contributed by atoms with E-state index in [1.807, 2.05) is 18.4 Å². The van der Waals surface area contributed by atoms with Crippen LogP contribution in [0, 0.1) is 0 Å². The van der Waals surface area contributed by atoms with Gasteiger partial charge in [-0.25, -0.2) is 9.97 Å². The third kappa shape index (κ3) is 10.6. The number of ether oxygens (including phenoxy) is 6. The van der Waals surface area contributed by atoms with Gasteiger partial charge in [0.25, 0.3) is 0 Å². The number of halogens is 4. The minimum atomic E-state index is -0.753. The predicted molar refractivity (Wildman–Crippen MR) is 206 cm³/mol. The van der Waals surface area contributed by atoms with E-state index in [4.69, 9.17) is 79.9 Å². The highest BCUT2D eigenvalue weighted by Gasteiger charge is 2.40. The molecule has 4 aromatic rings. The predicted octanol–water partition coefficient (Wildman–Crippen LogP) is 6.96. The number of aliphatic hydroxyl groups excluding tert-OH is 2. The molecule has 0 amide bonds. The number of aliphatic hydroxyl groups is 2. The van der Waals surface area contributed by atoms with Crippen LogP contribution in [0.4, 0.5) is 0 Å². The van der Waals surface area contributed by atoms with Gasteiger partial charge in [0.2, 0.25) is 6.29 Å². The fraction of sp³-hybridized carbons (Fsp3) is 0.541. The second kappa shape index (κ2) is 19.5. The Morgan fingerprint density at radius 2 is 1.12 bits per heavy atom. The molecular formula is C37H44Cl4N4O11. The Balaban J connectivity index is 0.000000164. The Hall–Kier alpha value is -3.25. The van der Waals surface area contributed by atoms with E-state index in [9.17, 15) is 19.5 Å². The van der Waals surface area contributed by atoms with Crippen LogP contribution < -0.4 is 0 Å². The maximum absolute atomic E-state index is 11.3. The molecule has 0 radical (unpaired) electrons. The van der Waals surface area contributed by atoms with E-state index in [0.29, 0.717) is 44.9 Å². The fourth-order valence-corrected chi connectivity index (χ4v) is 7.27. The molecule has 15 nitrogen and oxygen atoms in total. The standard InChI is InChI=1S/C15H16Cl2N2O3.C12H12Cl2N2O3.C10H16O5/c1-3-9-4-14(21-8(2)20)15(22-9)19-7-18-12-5-10(16)11(17)6-13(12)19;13-7-2-9-10(3-8(7)14)16(5-15-9)12-11(18)1-6(4-17)19-12;1-4-8-5-9(13-6(2)11)10(15-8)14-7(3)12/h5-7,9,14-15H,3-4H2,1-2H3;2-3,5-6,11-12,17-18H,1,4H2;8-10H,4-5H2,1-3H3/t9-,14+,15-;6-,11-,12+;8-,9+,10?/m101/s1. The summed E-state index contributed by atoms with van der Waals surface area (Å²) in [7, 11) is 0. The van der Waals surface area contributed by atoms with E-state index in [-0.39, 0.29) is 37.0 Å².